The standard InChI is InChI=1S/C14H21Cl/c1-10(2)12-7-6-8-14(5,11(3)4)9-13(12)15/h6-11H,1-5H3. The molecule has 0 heterocycles. The van der Waals surface area contributed by atoms with Crippen molar-refractivity contribution in [3.8, 4) is 0 Å². The first kappa shape index (κ1) is 12.6. The first-order valence-corrected chi connectivity index (χ1v) is 6.03. The average molecular weight is 225 g/mol. The van der Waals surface area contributed by atoms with E-state index in [0.29, 0.717) is 11.8 Å². The summed E-state index contributed by atoms with van der Waals surface area (Å²) in [5.74, 6) is 1.04. The maximum atomic E-state index is 6.36. The SMILES string of the molecule is CC(C)C1=CC=CC(C)(C(C)C)C=C1Cl. The van der Waals surface area contributed by atoms with E-state index in [0.717, 1.165) is 5.03 Å². The van der Waals surface area contributed by atoms with E-state index >= 15 is 0 Å². The lowest BCUT2D eigenvalue weighted by atomic mass is 9.78. The fraction of sp³-hybridized carbons (Fsp3) is 0.571. The summed E-state index contributed by atoms with van der Waals surface area (Å²) in [6, 6.07) is 0. The van der Waals surface area contributed by atoms with Crippen molar-refractivity contribution >= 4 is 11.6 Å². The molecule has 0 saturated carbocycles. The fourth-order valence-corrected chi connectivity index (χ4v) is 2.19. The molecule has 0 aromatic carbocycles. The highest BCUT2D eigenvalue weighted by Crippen LogP contribution is 2.37. The normalized spacial score (nSPS) is 26.7. The van der Waals surface area contributed by atoms with Gasteiger partial charge in [-0.1, -0.05) is 70.5 Å². The smallest absolute Gasteiger partial charge is 0.0409 e. The van der Waals surface area contributed by atoms with Crippen LogP contribution in [0.15, 0.2) is 34.9 Å². The topological polar surface area (TPSA) is 0 Å². The van der Waals surface area contributed by atoms with Crippen LogP contribution in [0.1, 0.15) is 34.6 Å². The second-order valence-corrected chi connectivity index (χ2v) is 5.56. The van der Waals surface area contributed by atoms with E-state index in [1.54, 1.807) is 0 Å². The van der Waals surface area contributed by atoms with E-state index in [-0.39, 0.29) is 5.41 Å². The molecule has 0 radical (unpaired) electrons. The lowest BCUT2D eigenvalue weighted by molar-refractivity contribution is 0.383. The highest BCUT2D eigenvalue weighted by atomic mass is 35.5. The maximum absolute atomic E-state index is 6.36. The van der Waals surface area contributed by atoms with E-state index in [2.05, 4.69) is 58.9 Å². The van der Waals surface area contributed by atoms with Gasteiger partial charge in [-0.2, -0.15) is 0 Å². The first-order chi connectivity index (χ1) is 6.87. The van der Waals surface area contributed by atoms with Crippen molar-refractivity contribution in [3.05, 3.63) is 34.9 Å². The van der Waals surface area contributed by atoms with Crippen LogP contribution in [0.4, 0.5) is 0 Å². The Morgan fingerprint density at radius 2 is 1.80 bits per heavy atom. The van der Waals surface area contributed by atoms with Gasteiger partial charge in [0.2, 0.25) is 0 Å². The van der Waals surface area contributed by atoms with Crippen LogP contribution in [0, 0.1) is 17.3 Å². The zero-order valence-electron chi connectivity index (χ0n) is 10.3. The minimum atomic E-state index is 0.0736. The van der Waals surface area contributed by atoms with Crippen LogP contribution in [0.3, 0.4) is 0 Å². The molecule has 1 heteroatoms. The fourth-order valence-electron chi connectivity index (χ4n) is 1.67. The highest BCUT2D eigenvalue weighted by Gasteiger charge is 2.25. The minimum absolute atomic E-state index is 0.0736. The summed E-state index contributed by atoms with van der Waals surface area (Å²) in [4.78, 5) is 0. The van der Waals surface area contributed by atoms with Crippen molar-refractivity contribution in [1.82, 2.24) is 0 Å². The number of halogens is 1. The Kier molecular flexibility index (Phi) is 3.83. The van der Waals surface area contributed by atoms with Gasteiger partial charge in [0.05, 0.1) is 0 Å². The largest absolute Gasteiger partial charge is 0.0843 e. The van der Waals surface area contributed by atoms with Crippen molar-refractivity contribution in [2.24, 2.45) is 17.3 Å². The average Bonchev–Trinajstić information content (AvgIpc) is 2.25. The molecule has 1 unspecified atom stereocenters. The Hall–Kier alpha value is -0.490. The quantitative estimate of drug-likeness (QED) is 0.624. The molecule has 0 fully saturated rings. The van der Waals surface area contributed by atoms with Crippen molar-refractivity contribution in [1.29, 1.82) is 0 Å². The van der Waals surface area contributed by atoms with E-state index in [1.807, 2.05) is 0 Å². The molecular weight excluding hydrogens is 204 g/mol. The van der Waals surface area contributed by atoms with Crippen LogP contribution in [0.5, 0.6) is 0 Å². The summed E-state index contributed by atoms with van der Waals surface area (Å²) < 4.78 is 0. The summed E-state index contributed by atoms with van der Waals surface area (Å²) in [6.07, 6.45) is 8.71. The van der Waals surface area contributed by atoms with Crippen molar-refractivity contribution < 1.29 is 0 Å². The van der Waals surface area contributed by atoms with Gasteiger partial charge >= 0.3 is 0 Å². The summed E-state index contributed by atoms with van der Waals surface area (Å²) in [5.41, 5.74) is 1.31. The Morgan fingerprint density at radius 3 is 2.27 bits per heavy atom. The molecule has 0 nitrogen and oxygen atoms in total. The van der Waals surface area contributed by atoms with Crippen molar-refractivity contribution in [2.75, 3.05) is 0 Å². The second-order valence-electron chi connectivity index (χ2n) is 5.15. The van der Waals surface area contributed by atoms with Crippen LogP contribution >= 0.6 is 11.6 Å². The van der Waals surface area contributed by atoms with Gasteiger partial charge in [-0.15, -0.1) is 0 Å². The van der Waals surface area contributed by atoms with Gasteiger partial charge < -0.3 is 0 Å². The maximum Gasteiger partial charge on any atom is 0.0409 e. The third-order valence-electron chi connectivity index (χ3n) is 3.31. The molecule has 84 valence electrons. The minimum Gasteiger partial charge on any atom is -0.0843 e. The number of rotatable bonds is 2. The molecule has 15 heavy (non-hydrogen) atoms. The molecular formula is C14H21Cl. The number of hydrogen-bond acceptors (Lipinski definition) is 0. The number of allylic oxidation sites excluding steroid dienone is 6. The predicted octanol–water partition coefficient (Wildman–Crippen LogP) is 4.92. The van der Waals surface area contributed by atoms with Crippen LogP contribution < -0.4 is 0 Å². The van der Waals surface area contributed by atoms with Gasteiger partial charge in [-0.3, -0.25) is 0 Å². The van der Waals surface area contributed by atoms with Gasteiger partial charge in [0, 0.05) is 10.4 Å². The van der Waals surface area contributed by atoms with Gasteiger partial charge in [-0.05, 0) is 17.4 Å². The molecule has 0 aliphatic heterocycles. The van der Waals surface area contributed by atoms with Crippen LogP contribution in [0.2, 0.25) is 0 Å². The molecule has 0 bridgehead atoms. The van der Waals surface area contributed by atoms with Gasteiger partial charge in [0.15, 0.2) is 0 Å². The molecule has 1 rings (SSSR count). The number of hydrogen-bond donors (Lipinski definition) is 0. The lowest BCUT2D eigenvalue weighted by Crippen LogP contribution is -2.17. The zero-order chi connectivity index (χ0) is 11.6. The molecule has 0 N–H and O–H groups in total. The zero-order valence-corrected chi connectivity index (χ0v) is 11.1. The lowest BCUT2D eigenvalue weighted by Gasteiger charge is -2.27. The van der Waals surface area contributed by atoms with Gasteiger partial charge in [0.25, 0.3) is 0 Å². The highest BCUT2D eigenvalue weighted by molar-refractivity contribution is 6.32. The second kappa shape index (κ2) is 4.57. The molecule has 0 saturated heterocycles. The van der Waals surface area contributed by atoms with Crippen molar-refractivity contribution in [3.63, 3.8) is 0 Å². The Labute approximate surface area is 98.7 Å². The Balaban J connectivity index is 3.10. The van der Waals surface area contributed by atoms with Gasteiger partial charge in [-0.25, -0.2) is 0 Å². The van der Waals surface area contributed by atoms with E-state index in [4.69, 9.17) is 11.6 Å². The predicted molar refractivity (Wildman–Crippen MR) is 68.9 cm³/mol. The van der Waals surface area contributed by atoms with Crippen molar-refractivity contribution in [2.45, 2.75) is 34.6 Å². The molecule has 1 atom stereocenters. The Morgan fingerprint density at radius 1 is 1.20 bits per heavy atom. The molecule has 0 aromatic rings. The molecule has 1 aliphatic carbocycles. The molecule has 0 amide bonds. The monoisotopic (exact) mass is 224 g/mol. The Bertz CT molecular complexity index is 318. The third-order valence-corrected chi connectivity index (χ3v) is 3.64. The summed E-state index contributed by atoms with van der Waals surface area (Å²) in [7, 11) is 0. The van der Waals surface area contributed by atoms with Gasteiger partial charge in [0.1, 0.15) is 0 Å². The van der Waals surface area contributed by atoms with E-state index < -0.39 is 0 Å². The molecule has 0 spiro atoms. The first-order valence-electron chi connectivity index (χ1n) is 5.65. The van der Waals surface area contributed by atoms with Crippen LogP contribution in [-0.2, 0) is 0 Å². The molecule has 0 aromatic heterocycles. The third kappa shape index (κ3) is 2.75. The van der Waals surface area contributed by atoms with E-state index in [9.17, 15) is 0 Å². The van der Waals surface area contributed by atoms with E-state index in [1.165, 1.54) is 5.57 Å². The summed E-state index contributed by atoms with van der Waals surface area (Å²) in [6.45, 7) is 11.0. The summed E-state index contributed by atoms with van der Waals surface area (Å²) in [5, 5.41) is 0.909. The summed E-state index contributed by atoms with van der Waals surface area (Å²) >= 11 is 6.36. The van der Waals surface area contributed by atoms with Crippen LogP contribution in [-0.4, -0.2) is 0 Å². The molecule has 1 aliphatic rings. The van der Waals surface area contributed by atoms with Crippen LogP contribution in [0.25, 0.3) is 0 Å².